The zero-order valence-electron chi connectivity index (χ0n) is 11.4. The third-order valence-corrected chi connectivity index (χ3v) is 3.39. The molecular weight excluding hydrogens is 272 g/mol. The van der Waals surface area contributed by atoms with Crippen molar-refractivity contribution in [2.75, 3.05) is 5.73 Å². The minimum absolute atomic E-state index is 0.357. The fraction of sp³-hybridized carbons (Fsp3) is 0.188. The molecule has 2 aromatic rings. The predicted molar refractivity (Wildman–Crippen MR) is 80.8 cm³/mol. The zero-order chi connectivity index (χ0) is 14.7. The summed E-state index contributed by atoms with van der Waals surface area (Å²) in [6, 6.07) is 11.0. The number of nitrogen functional groups attached to an aromatic ring is 1. The van der Waals surface area contributed by atoms with Crippen molar-refractivity contribution in [3.8, 4) is 11.8 Å². The topological polar surface area (TPSA) is 59.0 Å². The van der Waals surface area contributed by atoms with Crippen LogP contribution in [0.4, 0.5) is 5.69 Å². The second-order valence-electron chi connectivity index (χ2n) is 4.69. The van der Waals surface area contributed by atoms with E-state index in [1.807, 2.05) is 32.0 Å². The lowest BCUT2D eigenvalue weighted by atomic mass is 10.1. The Bertz CT molecular complexity index is 666. The molecule has 2 rings (SSSR count). The number of hydrogen-bond donors (Lipinski definition) is 1. The molecule has 102 valence electrons. The highest BCUT2D eigenvalue weighted by atomic mass is 35.5. The number of rotatable bonds is 3. The van der Waals surface area contributed by atoms with Gasteiger partial charge in [0.15, 0.2) is 0 Å². The number of benzene rings is 2. The Morgan fingerprint density at radius 1 is 1.20 bits per heavy atom. The number of ether oxygens (including phenoxy) is 1. The van der Waals surface area contributed by atoms with Crippen molar-refractivity contribution in [2.45, 2.75) is 20.5 Å². The molecule has 0 unspecified atom stereocenters. The molecule has 0 bridgehead atoms. The van der Waals surface area contributed by atoms with E-state index in [2.05, 4.69) is 6.07 Å². The molecule has 0 aromatic heterocycles. The molecule has 0 aliphatic carbocycles. The summed E-state index contributed by atoms with van der Waals surface area (Å²) in [5, 5.41) is 9.34. The van der Waals surface area contributed by atoms with Gasteiger partial charge in [0.05, 0.1) is 11.6 Å². The maximum absolute atomic E-state index is 8.81. The van der Waals surface area contributed by atoms with Gasteiger partial charge in [0, 0.05) is 16.3 Å². The van der Waals surface area contributed by atoms with Crippen LogP contribution in [0.1, 0.15) is 22.3 Å². The number of nitrogens with two attached hydrogens (primary N) is 1. The number of hydrogen-bond acceptors (Lipinski definition) is 3. The lowest BCUT2D eigenvalue weighted by Crippen LogP contribution is -2.01. The third kappa shape index (κ3) is 3.04. The molecule has 0 atom stereocenters. The summed E-state index contributed by atoms with van der Waals surface area (Å²) in [5.74, 6) is 0.819. The molecule has 0 fully saturated rings. The molecule has 0 aliphatic heterocycles. The molecule has 0 spiro atoms. The average molecular weight is 287 g/mol. The van der Waals surface area contributed by atoms with Crippen molar-refractivity contribution < 1.29 is 4.74 Å². The fourth-order valence-corrected chi connectivity index (χ4v) is 2.33. The summed E-state index contributed by atoms with van der Waals surface area (Å²) in [5.41, 5.74) is 9.88. The van der Waals surface area contributed by atoms with Crippen LogP contribution in [0.25, 0.3) is 0 Å². The Hall–Kier alpha value is -2.18. The first kappa shape index (κ1) is 14.2. The van der Waals surface area contributed by atoms with E-state index >= 15 is 0 Å². The molecule has 20 heavy (non-hydrogen) atoms. The molecule has 0 aliphatic rings. The molecular formula is C16H15ClN2O. The summed E-state index contributed by atoms with van der Waals surface area (Å²) in [6.07, 6.45) is 0. The smallest absolute Gasteiger partial charge is 0.125 e. The van der Waals surface area contributed by atoms with Gasteiger partial charge < -0.3 is 10.5 Å². The molecule has 0 heterocycles. The van der Waals surface area contributed by atoms with Gasteiger partial charge in [0.2, 0.25) is 0 Å². The summed E-state index contributed by atoms with van der Waals surface area (Å²) in [6.45, 7) is 4.27. The SMILES string of the molecule is Cc1cc(N)cc(C)c1OCc1ccc(C#N)cc1Cl. The molecule has 0 radical (unpaired) electrons. The highest BCUT2D eigenvalue weighted by molar-refractivity contribution is 6.31. The predicted octanol–water partition coefficient (Wildman–Crippen LogP) is 3.99. The van der Waals surface area contributed by atoms with Crippen LogP contribution in [0.2, 0.25) is 5.02 Å². The lowest BCUT2D eigenvalue weighted by molar-refractivity contribution is 0.302. The zero-order valence-corrected chi connectivity index (χ0v) is 12.2. The van der Waals surface area contributed by atoms with Gasteiger partial charge in [-0.3, -0.25) is 0 Å². The third-order valence-electron chi connectivity index (χ3n) is 3.04. The van der Waals surface area contributed by atoms with Gasteiger partial charge in [0.1, 0.15) is 12.4 Å². The van der Waals surface area contributed by atoms with Crippen molar-refractivity contribution in [3.05, 3.63) is 57.6 Å². The summed E-state index contributed by atoms with van der Waals surface area (Å²) >= 11 is 6.13. The van der Waals surface area contributed by atoms with Gasteiger partial charge in [0.25, 0.3) is 0 Å². The summed E-state index contributed by atoms with van der Waals surface area (Å²) < 4.78 is 5.84. The van der Waals surface area contributed by atoms with Crippen LogP contribution in [0, 0.1) is 25.2 Å². The average Bonchev–Trinajstić information content (AvgIpc) is 2.39. The van der Waals surface area contributed by atoms with E-state index < -0.39 is 0 Å². The van der Waals surface area contributed by atoms with Crippen LogP contribution in [0.3, 0.4) is 0 Å². The highest BCUT2D eigenvalue weighted by Gasteiger charge is 2.08. The van der Waals surface area contributed by atoms with Crippen molar-refractivity contribution >= 4 is 17.3 Å². The second-order valence-corrected chi connectivity index (χ2v) is 5.10. The largest absolute Gasteiger partial charge is 0.488 e. The Morgan fingerprint density at radius 3 is 2.40 bits per heavy atom. The van der Waals surface area contributed by atoms with E-state index in [0.29, 0.717) is 17.2 Å². The minimum Gasteiger partial charge on any atom is -0.488 e. The Labute approximate surface area is 123 Å². The summed E-state index contributed by atoms with van der Waals surface area (Å²) in [4.78, 5) is 0. The van der Waals surface area contributed by atoms with E-state index in [9.17, 15) is 0 Å². The molecule has 3 nitrogen and oxygen atoms in total. The van der Waals surface area contributed by atoms with Crippen molar-refractivity contribution in [2.24, 2.45) is 0 Å². The first-order chi connectivity index (χ1) is 9.51. The van der Waals surface area contributed by atoms with Gasteiger partial charge >= 0.3 is 0 Å². The number of aryl methyl sites for hydroxylation is 2. The van der Waals surface area contributed by atoms with Gasteiger partial charge in [-0.05, 0) is 49.2 Å². The molecule has 4 heteroatoms. The minimum atomic E-state index is 0.357. The van der Waals surface area contributed by atoms with E-state index in [0.717, 1.165) is 28.1 Å². The molecule has 0 amide bonds. The second kappa shape index (κ2) is 5.85. The van der Waals surface area contributed by atoms with Crippen molar-refractivity contribution in [3.63, 3.8) is 0 Å². The van der Waals surface area contributed by atoms with E-state index in [1.54, 1.807) is 12.1 Å². The Balaban J connectivity index is 2.20. The van der Waals surface area contributed by atoms with Crippen LogP contribution in [0.15, 0.2) is 30.3 Å². The highest BCUT2D eigenvalue weighted by Crippen LogP contribution is 2.27. The number of nitrogens with zero attached hydrogens (tertiary/aromatic N) is 1. The molecule has 0 saturated carbocycles. The van der Waals surface area contributed by atoms with Gasteiger partial charge in [-0.2, -0.15) is 5.26 Å². The quantitative estimate of drug-likeness (QED) is 0.868. The van der Waals surface area contributed by atoms with E-state index in [4.69, 9.17) is 27.3 Å². The lowest BCUT2D eigenvalue weighted by Gasteiger charge is -2.13. The molecule has 0 saturated heterocycles. The van der Waals surface area contributed by atoms with Crippen molar-refractivity contribution in [1.29, 1.82) is 5.26 Å². The van der Waals surface area contributed by atoms with Gasteiger partial charge in [-0.25, -0.2) is 0 Å². The van der Waals surface area contributed by atoms with Crippen LogP contribution in [-0.4, -0.2) is 0 Å². The Kier molecular flexibility index (Phi) is 4.16. The number of anilines is 1. The van der Waals surface area contributed by atoms with Gasteiger partial charge in [-0.1, -0.05) is 17.7 Å². The Morgan fingerprint density at radius 2 is 1.85 bits per heavy atom. The van der Waals surface area contributed by atoms with Crippen LogP contribution in [-0.2, 0) is 6.61 Å². The fourth-order valence-electron chi connectivity index (χ4n) is 2.10. The van der Waals surface area contributed by atoms with E-state index in [1.165, 1.54) is 0 Å². The van der Waals surface area contributed by atoms with E-state index in [-0.39, 0.29) is 0 Å². The number of halogens is 1. The van der Waals surface area contributed by atoms with Crippen molar-refractivity contribution in [1.82, 2.24) is 0 Å². The van der Waals surface area contributed by atoms with Crippen LogP contribution >= 0.6 is 11.6 Å². The maximum Gasteiger partial charge on any atom is 0.125 e. The number of nitriles is 1. The van der Waals surface area contributed by atoms with Gasteiger partial charge in [-0.15, -0.1) is 0 Å². The normalized spacial score (nSPS) is 10.1. The summed E-state index contributed by atoms with van der Waals surface area (Å²) in [7, 11) is 0. The first-order valence-corrected chi connectivity index (χ1v) is 6.57. The maximum atomic E-state index is 8.81. The van der Waals surface area contributed by atoms with Crippen LogP contribution in [0.5, 0.6) is 5.75 Å². The monoisotopic (exact) mass is 286 g/mol. The standard InChI is InChI=1S/C16H15ClN2O/c1-10-5-14(19)6-11(2)16(10)20-9-13-4-3-12(8-18)7-15(13)17/h3-7H,9,19H2,1-2H3. The molecule has 2 N–H and O–H groups in total. The first-order valence-electron chi connectivity index (χ1n) is 6.19. The van der Waals surface area contributed by atoms with Crippen LogP contribution < -0.4 is 10.5 Å². The molecule has 2 aromatic carbocycles.